The molecule has 0 fully saturated rings. The lowest BCUT2D eigenvalue weighted by Crippen LogP contribution is -1.83. The third-order valence-corrected chi connectivity index (χ3v) is 2.42. The zero-order chi connectivity index (χ0) is 8.55. The monoisotopic (exact) mass is 194 g/mol. The van der Waals surface area contributed by atoms with Gasteiger partial charge in [-0.1, -0.05) is 12.2 Å². The van der Waals surface area contributed by atoms with Crippen molar-refractivity contribution in [2.75, 3.05) is 0 Å². The molecule has 0 aliphatic rings. The average molecular weight is 194 g/mol. The predicted molar refractivity (Wildman–Crippen MR) is 54.2 cm³/mol. The number of aromatic amines is 1. The maximum absolute atomic E-state index is 5.01. The van der Waals surface area contributed by atoms with Crippen LogP contribution in [-0.2, 0) is 0 Å². The number of nitrogens with zero attached hydrogens (tertiary/aromatic N) is 1. The zero-order valence-corrected chi connectivity index (χ0v) is 7.82. The molecule has 0 aromatic carbocycles. The molecule has 0 atom stereocenters. The highest BCUT2D eigenvalue weighted by Crippen LogP contribution is 2.14. The lowest BCUT2D eigenvalue weighted by atomic mass is 10.3. The van der Waals surface area contributed by atoms with E-state index in [4.69, 9.17) is 12.2 Å². The molecule has 60 valence electrons. The van der Waals surface area contributed by atoms with Crippen LogP contribution < -0.4 is 0 Å². The summed E-state index contributed by atoms with van der Waals surface area (Å²) < 4.78 is 0.629. The number of pyridine rings is 2. The van der Waals surface area contributed by atoms with Gasteiger partial charge in [-0.3, -0.25) is 0 Å². The van der Waals surface area contributed by atoms with Crippen molar-refractivity contribution in [2.45, 2.75) is 4.90 Å². The fourth-order valence-electron chi connectivity index (χ4n) is 1.02. The topological polar surface area (TPSA) is 28.7 Å². The van der Waals surface area contributed by atoms with Gasteiger partial charge in [-0.15, -0.1) is 12.6 Å². The summed E-state index contributed by atoms with van der Waals surface area (Å²) >= 11 is 9.22. The molecule has 2 rings (SSSR count). The molecule has 0 spiro atoms. The second-order valence-corrected chi connectivity index (χ2v) is 3.31. The van der Waals surface area contributed by atoms with Crippen molar-refractivity contribution in [3.63, 3.8) is 0 Å². The van der Waals surface area contributed by atoms with Crippen molar-refractivity contribution in [2.24, 2.45) is 0 Å². The number of fused-ring (bicyclic) bond motifs is 1. The van der Waals surface area contributed by atoms with Crippen molar-refractivity contribution < 1.29 is 0 Å². The summed E-state index contributed by atoms with van der Waals surface area (Å²) in [7, 11) is 0. The number of hydrogen-bond donors (Lipinski definition) is 2. The maximum atomic E-state index is 5.01. The van der Waals surface area contributed by atoms with Crippen LogP contribution in [0.1, 0.15) is 0 Å². The molecule has 0 aliphatic heterocycles. The SMILES string of the molecule is S=c1[nH]c2ncccc2cc1S. The molecule has 0 saturated carbocycles. The van der Waals surface area contributed by atoms with Crippen molar-refractivity contribution >= 4 is 35.9 Å². The van der Waals surface area contributed by atoms with Gasteiger partial charge in [0.25, 0.3) is 0 Å². The fraction of sp³-hybridized carbons (Fsp3) is 0. The van der Waals surface area contributed by atoms with Gasteiger partial charge in [0.2, 0.25) is 0 Å². The van der Waals surface area contributed by atoms with E-state index in [-0.39, 0.29) is 0 Å². The smallest absolute Gasteiger partial charge is 0.138 e. The standard InChI is InChI=1S/C8H6N2S2/c11-6-4-5-2-1-3-9-7(5)10-8(6)12/h1-4,11H,(H,9,10,12). The Morgan fingerprint density at radius 2 is 2.33 bits per heavy atom. The van der Waals surface area contributed by atoms with Gasteiger partial charge >= 0.3 is 0 Å². The Balaban J connectivity index is 2.93. The molecule has 4 heteroatoms. The molecule has 0 saturated heterocycles. The van der Waals surface area contributed by atoms with Crippen LogP contribution in [0.5, 0.6) is 0 Å². The highest BCUT2D eigenvalue weighted by molar-refractivity contribution is 7.81. The Labute approximate surface area is 80.1 Å². The van der Waals surface area contributed by atoms with Crippen LogP contribution in [0, 0.1) is 4.64 Å². The quantitative estimate of drug-likeness (QED) is 0.498. The third-order valence-electron chi connectivity index (χ3n) is 1.60. The van der Waals surface area contributed by atoms with E-state index >= 15 is 0 Å². The average Bonchev–Trinajstić information content (AvgIpc) is 2.07. The molecular weight excluding hydrogens is 188 g/mol. The van der Waals surface area contributed by atoms with Crippen LogP contribution in [0.15, 0.2) is 29.3 Å². The van der Waals surface area contributed by atoms with Crippen LogP contribution >= 0.6 is 24.8 Å². The number of H-pyrrole nitrogens is 1. The first-order valence-corrected chi connectivity index (χ1v) is 4.30. The molecule has 2 nitrogen and oxygen atoms in total. The van der Waals surface area contributed by atoms with E-state index in [1.54, 1.807) is 6.20 Å². The van der Waals surface area contributed by atoms with E-state index in [1.165, 1.54) is 0 Å². The number of rotatable bonds is 0. The minimum absolute atomic E-state index is 0.629. The molecule has 0 radical (unpaired) electrons. The third kappa shape index (κ3) is 1.23. The zero-order valence-electron chi connectivity index (χ0n) is 6.11. The molecule has 0 unspecified atom stereocenters. The molecule has 1 N–H and O–H groups in total. The van der Waals surface area contributed by atoms with Gasteiger partial charge in [-0.05, 0) is 18.2 Å². The molecule has 2 heterocycles. The van der Waals surface area contributed by atoms with E-state index in [9.17, 15) is 0 Å². The molecule has 0 bridgehead atoms. The van der Waals surface area contributed by atoms with Gasteiger partial charge in [0.15, 0.2) is 0 Å². The van der Waals surface area contributed by atoms with E-state index in [2.05, 4.69) is 22.6 Å². The molecule has 0 amide bonds. The summed E-state index contributed by atoms with van der Waals surface area (Å²) in [6.45, 7) is 0. The highest BCUT2D eigenvalue weighted by atomic mass is 32.1. The maximum Gasteiger partial charge on any atom is 0.138 e. The number of nitrogens with one attached hydrogen (secondary N) is 1. The van der Waals surface area contributed by atoms with Gasteiger partial charge < -0.3 is 4.98 Å². The summed E-state index contributed by atoms with van der Waals surface area (Å²) in [5, 5.41) is 1.02. The molecule has 2 aromatic heterocycles. The first-order chi connectivity index (χ1) is 5.77. The van der Waals surface area contributed by atoms with Gasteiger partial charge in [0, 0.05) is 16.5 Å². The summed E-state index contributed by atoms with van der Waals surface area (Å²) in [5.41, 5.74) is 0.806. The number of thiol groups is 1. The minimum Gasteiger partial charge on any atom is -0.330 e. The van der Waals surface area contributed by atoms with E-state index in [0.29, 0.717) is 4.64 Å². The lowest BCUT2D eigenvalue weighted by molar-refractivity contribution is 1.21. The first kappa shape index (κ1) is 7.76. The van der Waals surface area contributed by atoms with Crippen LogP contribution in [0.3, 0.4) is 0 Å². The van der Waals surface area contributed by atoms with E-state index < -0.39 is 0 Å². The van der Waals surface area contributed by atoms with Crippen molar-refractivity contribution in [1.29, 1.82) is 0 Å². The van der Waals surface area contributed by atoms with Gasteiger partial charge in [-0.25, -0.2) is 4.98 Å². The van der Waals surface area contributed by atoms with E-state index in [1.807, 2.05) is 18.2 Å². The Bertz CT molecular complexity index is 476. The lowest BCUT2D eigenvalue weighted by Gasteiger charge is -1.97. The van der Waals surface area contributed by atoms with Crippen molar-refractivity contribution in [3.8, 4) is 0 Å². The van der Waals surface area contributed by atoms with Crippen molar-refractivity contribution in [3.05, 3.63) is 29.0 Å². The summed E-state index contributed by atoms with van der Waals surface area (Å²) in [6.07, 6.45) is 1.73. The summed E-state index contributed by atoms with van der Waals surface area (Å²) in [4.78, 5) is 7.90. The van der Waals surface area contributed by atoms with Crippen molar-refractivity contribution in [1.82, 2.24) is 9.97 Å². The Morgan fingerprint density at radius 1 is 1.50 bits per heavy atom. The van der Waals surface area contributed by atoms with Crippen LogP contribution in [-0.4, -0.2) is 9.97 Å². The fourth-order valence-corrected chi connectivity index (χ4v) is 1.37. The predicted octanol–water partition coefficient (Wildman–Crippen LogP) is 2.58. The highest BCUT2D eigenvalue weighted by Gasteiger charge is 1.95. The largest absolute Gasteiger partial charge is 0.330 e. The number of aromatic nitrogens is 2. The summed E-state index contributed by atoms with van der Waals surface area (Å²) in [6, 6.07) is 5.75. The normalized spacial score (nSPS) is 10.4. The van der Waals surface area contributed by atoms with Gasteiger partial charge in [0.1, 0.15) is 10.3 Å². The Kier molecular flexibility index (Phi) is 1.86. The Hall–Kier alpha value is -0.870. The molecular formula is C8H6N2S2. The van der Waals surface area contributed by atoms with Crippen LogP contribution in [0.4, 0.5) is 0 Å². The van der Waals surface area contributed by atoms with Gasteiger partial charge in [0.05, 0.1) is 0 Å². The van der Waals surface area contributed by atoms with Gasteiger partial charge in [-0.2, -0.15) is 0 Å². The Morgan fingerprint density at radius 3 is 3.17 bits per heavy atom. The summed E-state index contributed by atoms with van der Waals surface area (Å²) in [5.74, 6) is 0. The van der Waals surface area contributed by atoms with Crippen LogP contribution in [0.25, 0.3) is 11.0 Å². The van der Waals surface area contributed by atoms with Crippen LogP contribution in [0.2, 0.25) is 0 Å². The molecule has 2 aromatic rings. The second kappa shape index (κ2) is 2.88. The molecule has 12 heavy (non-hydrogen) atoms. The minimum atomic E-state index is 0.629. The molecule has 0 aliphatic carbocycles. The second-order valence-electron chi connectivity index (χ2n) is 2.42. The number of hydrogen-bond acceptors (Lipinski definition) is 3. The first-order valence-electron chi connectivity index (χ1n) is 3.44. The van der Waals surface area contributed by atoms with E-state index in [0.717, 1.165) is 15.9 Å².